The van der Waals surface area contributed by atoms with Crippen LogP contribution in [0.2, 0.25) is 0 Å². The average molecular weight is 222 g/mol. The van der Waals surface area contributed by atoms with E-state index in [4.69, 9.17) is 4.74 Å². The first-order valence-corrected chi connectivity index (χ1v) is 5.54. The molecular formula is C11H18N4O. The van der Waals surface area contributed by atoms with E-state index in [1.165, 1.54) is 5.56 Å². The molecule has 0 spiro atoms. The molecule has 0 saturated heterocycles. The Hall–Kier alpha value is -1.36. The summed E-state index contributed by atoms with van der Waals surface area (Å²) in [7, 11) is 5.61. The number of fused-ring (bicyclic) bond motifs is 1. The summed E-state index contributed by atoms with van der Waals surface area (Å²) in [6.45, 7) is 1.96. The number of hydrogen-bond donors (Lipinski definition) is 1. The molecule has 0 atom stereocenters. The fraction of sp³-hybridized carbons (Fsp3) is 0.636. The molecule has 0 fully saturated rings. The third-order valence-corrected chi connectivity index (χ3v) is 2.75. The molecule has 0 unspecified atom stereocenters. The molecule has 2 rings (SSSR count). The van der Waals surface area contributed by atoms with Gasteiger partial charge in [0.2, 0.25) is 0 Å². The fourth-order valence-corrected chi connectivity index (χ4v) is 1.96. The first-order valence-electron chi connectivity index (χ1n) is 5.54. The van der Waals surface area contributed by atoms with Crippen molar-refractivity contribution in [2.24, 2.45) is 0 Å². The Morgan fingerprint density at radius 3 is 2.62 bits per heavy atom. The Labute approximate surface area is 95.8 Å². The highest BCUT2D eigenvalue weighted by molar-refractivity contribution is 5.49. The third kappa shape index (κ3) is 2.09. The van der Waals surface area contributed by atoms with E-state index in [2.05, 4.69) is 15.3 Å². The number of rotatable bonds is 2. The number of hydrogen-bond acceptors (Lipinski definition) is 5. The predicted octanol–water partition coefficient (Wildman–Crippen LogP) is 0.239. The SMILES string of the molecule is COc1nc2c(c(N(C)C)n1)CCNCC2. The van der Waals surface area contributed by atoms with Crippen LogP contribution in [0.15, 0.2) is 0 Å². The quantitative estimate of drug-likeness (QED) is 0.777. The van der Waals surface area contributed by atoms with Gasteiger partial charge in [0, 0.05) is 32.6 Å². The van der Waals surface area contributed by atoms with Crippen LogP contribution in [0, 0.1) is 0 Å². The minimum absolute atomic E-state index is 0.462. The van der Waals surface area contributed by atoms with Crippen molar-refractivity contribution < 1.29 is 4.74 Å². The van der Waals surface area contributed by atoms with Crippen LogP contribution in [0.3, 0.4) is 0 Å². The van der Waals surface area contributed by atoms with Crippen molar-refractivity contribution in [2.45, 2.75) is 12.8 Å². The van der Waals surface area contributed by atoms with E-state index in [-0.39, 0.29) is 0 Å². The van der Waals surface area contributed by atoms with E-state index in [0.717, 1.165) is 37.4 Å². The maximum absolute atomic E-state index is 5.14. The van der Waals surface area contributed by atoms with Gasteiger partial charge in [-0.05, 0) is 13.0 Å². The van der Waals surface area contributed by atoms with Crippen molar-refractivity contribution in [2.75, 3.05) is 39.2 Å². The number of nitrogens with one attached hydrogen (secondary N) is 1. The van der Waals surface area contributed by atoms with Gasteiger partial charge in [-0.3, -0.25) is 0 Å². The maximum atomic E-state index is 5.14. The third-order valence-electron chi connectivity index (χ3n) is 2.75. The molecule has 0 aliphatic carbocycles. The van der Waals surface area contributed by atoms with Crippen LogP contribution in [0.5, 0.6) is 6.01 Å². The summed E-state index contributed by atoms with van der Waals surface area (Å²) < 4.78 is 5.14. The van der Waals surface area contributed by atoms with Crippen molar-refractivity contribution in [1.82, 2.24) is 15.3 Å². The lowest BCUT2D eigenvalue weighted by Gasteiger charge is -2.18. The molecule has 1 N–H and O–H groups in total. The van der Waals surface area contributed by atoms with E-state index < -0.39 is 0 Å². The van der Waals surface area contributed by atoms with Crippen molar-refractivity contribution in [3.05, 3.63) is 11.3 Å². The number of aromatic nitrogens is 2. The molecule has 0 saturated carbocycles. The van der Waals surface area contributed by atoms with Crippen molar-refractivity contribution >= 4 is 5.82 Å². The second-order valence-electron chi connectivity index (χ2n) is 4.10. The highest BCUT2D eigenvalue weighted by Gasteiger charge is 2.17. The van der Waals surface area contributed by atoms with Crippen molar-refractivity contribution in [3.63, 3.8) is 0 Å². The molecule has 1 aromatic heterocycles. The number of nitrogens with zero attached hydrogens (tertiary/aromatic N) is 3. The lowest BCUT2D eigenvalue weighted by Crippen LogP contribution is -2.17. The van der Waals surface area contributed by atoms with Gasteiger partial charge in [0.05, 0.1) is 12.8 Å². The number of ether oxygens (including phenoxy) is 1. The second kappa shape index (κ2) is 4.65. The predicted molar refractivity (Wildman–Crippen MR) is 63.2 cm³/mol. The summed E-state index contributed by atoms with van der Waals surface area (Å²) in [6.07, 6.45) is 1.92. The van der Waals surface area contributed by atoms with Gasteiger partial charge in [-0.2, -0.15) is 9.97 Å². The van der Waals surface area contributed by atoms with Crippen LogP contribution in [-0.2, 0) is 12.8 Å². The highest BCUT2D eigenvalue weighted by Crippen LogP contribution is 2.23. The van der Waals surface area contributed by atoms with Gasteiger partial charge in [-0.25, -0.2) is 0 Å². The molecule has 5 heteroatoms. The van der Waals surface area contributed by atoms with Crippen LogP contribution < -0.4 is 15.0 Å². The minimum atomic E-state index is 0.462. The average Bonchev–Trinajstić information content (AvgIpc) is 2.52. The Morgan fingerprint density at radius 2 is 1.94 bits per heavy atom. The van der Waals surface area contributed by atoms with Gasteiger partial charge >= 0.3 is 6.01 Å². The molecule has 1 aliphatic rings. The topological polar surface area (TPSA) is 50.3 Å². The monoisotopic (exact) mass is 222 g/mol. The lowest BCUT2D eigenvalue weighted by atomic mass is 10.1. The van der Waals surface area contributed by atoms with Gasteiger partial charge in [-0.15, -0.1) is 0 Å². The van der Waals surface area contributed by atoms with Crippen LogP contribution >= 0.6 is 0 Å². The highest BCUT2D eigenvalue weighted by atomic mass is 16.5. The minimum Gasteiger partial charge on any atom is -0.467 e. The lowest BCUT2D eigenvalue weighted by molar-refractivity contribution is 0.378. The van der Waals surface area contributed by atoms with Gasteiger partial charge in [-0.1, -0.05) is 0 Å². The summed E-state index contributed by atoms with van der Waals surface area (Å²) in [5.74, 6) is 0.977. The van der Waals surface area contributed by atoms with Gasteiger partial charge in [0.15, 0.2) is 0 Å². The first kappa shape index (κ1) is 11.1. The Bertz CT molecular complexity index is 378. The molecular weight excluding hydrogens is 204 g/mol. The smallest absolute Gasteiger partial charge is 0.318 e. The zero-order valence-corrected chi connectivity index (χ0v) is 10.1. The molecule has 2 heterocycles. The molecule has 0 amide bonds. The molecule has 1 aromatic rings. The first-order chi connectivity index (χ1) is 7.72. The summed E-state index contributed by atoms with van der Waals surface area (Å²) in [5.41, 5.74) is 2.36. The Kier molecular flexibility index (Phi) is 3.24. The van der Waals surface area contributed by atoms with Crippen LogP contribution in [0.1, 0.15) is 11.3 Å². The standard InChI is InChI=1S/C11H18N4O/c1-15(2)10-8-4-6-12-7-5-9(8)13-11(14-10)16-3/h12H,4-7H2,1-3H3. The zero-order chi connectivity index (χ0) is 11.5. The number of methoxy groups -OCH3 is 1. The van der Waals surface area contributed by atoms with E-state index in [1.54, 1.807) is 7.11 Å². The maximum Gasteiger partial charge on any atom is 0.318 e. The normalized spacial score (nSPS) is 15.2. The molecule has 5 nitrogen and oxygen atoms in total. The van der Waals surface area contributed by atoms with E-state index in [0.29, 0.717) is 6.01 Å². The molecule has 0 radical (unpaired) electrons. The van der Waals surface area contributed by atoms with E-state index in [1.807, 2.05) is 19.0 Å². The zero-order valence-electron chi connectivity index (χ0n) is 10.1. The van der Waals surface area contributed by atoms with Crippen molar-refractivity contribution in [3.8, 4) is 6.01 Å². The second-order valence-corrected chi connectivity index (χ2v) is 4.10. The van der Waals surface area contributed by atoms with Crippen molar-refractivity contribution in [1.29, 1.82) is 0 Å². The summed E-state index contributed by atoms with van der Waals surface area (Å²) in [6, 6.07) is 0.462. The fourth-order valence-electron chi connectivity index (χ4n) is 1.96. The summed E-state index contributed by atoms with van der Waals surface area (Å²) in [5, 5.41) is 3.37. The Balaban J connectivity index is 2.49. The molecule has 88 valence electrons. The van der Waals surface area contributed by atoms with Crippen LogP contribution in [0.25, 0.3) is 0 Å². The molecule has 0 bridgehead atoms. The van der Waals surface area contributed by atoms with Crippen LogP contribution in [0.4, 0.5) is 5.82 Å². The molecule has 1 aliphatic heterocycles. The molecule has 0 aromatic carbocycles. The van der Waals surface area contributed by atoms with E-state index in [9.17, 15) is 0 Å². The van der Waals surface area contributed by atoms with Gasteiger partial charge < -0.3 is 15.0 Å². The van der Waals surface area contributed by atoms with Gasteiger partial charge in [0.1, 0.15) is 5.82 Å². The van der Waals surface area contributed by atoms with Crippen LogP contribution in [-0.4, -0.2) is 44.3 Å². The van der Waals surface area contributed by atoms with E-state index >= 15 is 0 Å². The van der Waals surface area contributed by atoms with Gasteiger partial charge in [0.25, 0.3) is 0 Å². The summed E-state index contributed by atoms with van der Waals surface area (Å²) >= 11 is 0. The largest absolute Gasteiger partial charge is 0.467 e. The molecule has 16 heavy (non-hydrogen) atoms. The summed E-state index contributed by atoms with van der Waals surface area (Å²) in [4.78, 5) is 10.9. The number of anilines is 1. The Morgan fingerprint density at radius 1 is 1.19 bits per heavy atom.